The third-order valence-corrected chi connectivity index (χ3v) is 3.45. The van der Waals surface area contributed by atoms with Crippen LogP contribution in [0, 0.1) is 0 Å². The van der Waals surface area contributed by atoms with Gasteiger partial charge in [0.2, 0.25) is 0 Å². The fourth-order valence-electron chi connectivity index (χ4n) is 2.19. The van der Waals surface area contributed by atoms with Gasteiger partial charge in [-0.1, -0.05) is 32.1 Å². The SMILES string of the molecule is NCCCCCCNC(CCCCCCC(=O)O)C(=O)O. The highest BCUT2D eigenvalue weighted by atomic mass is 16.4. The molecule has 0 aromatic rings. The van der Waals surface area contributed by atoms with Crippen LogP contribution in [0.1, 0.15) is 64.2 Å². The number of carboxylic acid groups (broad SMARTS) is 2. The summed E-state index contributed by atoms with van der Waals surface area (Å²) in [5.41, 5.74) is 5.41. The lowest BCUT2D eigenvalue weighted by Crippen LogP contribution is -2.37. The summed E-state index contributed by atoms with van der Waals surface area (Å²) in [4.78, 5) is 21.5. The molecule has 0 radical (unpaired) electrons. The highest BCUT2D eigenvalue weighted by Gasteiger charge is 2.15. The van der Waals surface area contributed by atoms with E-state index in [2.05, 4.69) is 5.32 Å². The molecule has 21 heavy (non-hydrogen) atoms. The number of aliphatic carboxylic acids is 2. The molecule has 0 spiro atoms. The van der Waals surface area contributed by atoms with E-state index in [9.17, 15) is 9.59 Å². The van der Waals surface area contributed by atoms with Gasteiger partial charge >= 0.3 is 11.9 Å². The van der Waals surface area contributed by atoms with E-state index in [4.69, 9.17) is 15.9 Å². The van der Waals surface area contributed by atoms with Crippen molar-refractivity contribution in [1.82, 2.24) is 5.32 Å². The van der Waals surface area contributed by atoms with E-state index in [0.29, 0.717) is 19.4 Å². The minimum atomic E-state index is -0.803. The first-order chi connectivity index (χ1) is 10.1. The molecule has 0 amide bonds. The summed E-state index contributed by atoms with van der Waals surface area (Å²) in [5, 5.41) is 20.7. The van der Waals surface area contributed by atoms with E-state index in [-0.39, 0.29) is 6.42 Å². The van der Waals surface area contributed by atoms with Crippen molar-refractivity contribution in [2.75, 3.05) is 13.1 Å². The number of carboxylic acids is 2. The zero-order chi connectivity index (χ0) is 15.9. The summed E-state index contributed by atoms with van der Waals surface area (Å²) in [6.07, 6.45) is 8.19. The number of hydrogen-bond donors (Lipinski definition) is 4. The third-order valence-electron chi connectivity index (χ3n) is 3.45. The molecule has 1 atom stereocenters. The Balaban J connectivity index is 3.58. The van der Waals surface area contributed by atoms with E-state index in [0.717, 1.165) is 51.5 Å². The van der Waals surface area contributed by atoms with Gasteiger partial charge < -0.3 is 21.3 Å². The number of nitrogens with one attached hydrogen (secondary N) is 1. The van der Waals surface area contributed by atoms with Crippen molar-refractivity contribution in [3.05, 3.63) is 0 Å². The largest absolute Gasteiger partial charge is 0.481 e. The Labute approximate surface area is 127 Å². The average molecular weight is 302 g/mol. The molecule has 5 N–H and O–H groups in total. The molecule has 0 aliphatic rings. The molecular formula is C15H30N2O4. The molecule has 0 bridgehead atoms. The van der Waals surface area contributed by atoms with Crippen LogP contribution in [0.25, 0.3) is 0 Å². The zero-order valence-electron chi connectivity index (χ0n) is 12.9. The monoisotopic (exact) mass is 302 g/mol. The first-order valence-corrected chi connectivity index (χ1v) is 7.96. The third kappa shape index (κ3) is 13.6. The summed E-state index contributed by atoms with van der Waals surface area (Å²) in [5.74, 6) is -1.57. The van der Waals surface area contributed by atoms with Crippen molar-refractivity contribution in [3.63, 3.8) is 0 Å². The van der Waals surface area contributed by atoms with Crippen LogP contribution < -0.4 is 11.1 Å². The van der Waals surface area contributed by atoms with Crippen molar-refractivity contribution in [2.45, 2.75) is 70.3 Å². The van der Waals surface area contributed by atoms with Crippen molar-refractivity contribution < 1.29 is 19.8 Å². The lowest BCUT2D eigenvalue weighted by Gasteiger charge is -2.14. The van der Waals surface area contributed by atoms with Gasteiger partial charge in [0, 0.05) is 6.42 Å². The molecule has 124 valence electrons. The lowest BCUT2D eigenvalue weighted by atomic mass is 10.1. The van der Waals surface area contributed by atoms with E-state index >= 15 is 0 Å². The predicted octanol–water partition coefficient (Wildman–Crippen LogP) is 1.97. The Hall–Kier alpha value is -1.14. The molecule has 0 aromatic heterocycles. The van der Waals surface area contributed by atoms with E-state index in [1.807, 2.05) is 0 Å². The van der Waals surface area contributed by atoms with Gasteiger partial charge in [0.25, 0.3) is 0 Å². The Kier molecular flexibility index (Phi) is 13.1. The van der Waals surface area contributed by atoms with E-state index in [1.165, 1.54) is 0 Å². The van der Waals surface area contributed by atoms with Crippen LogP contribution >= 0.6 is 0 Å². The maximum absolute atomic E-state index is 11.1. The standard InChI is InChI=1S/C15H30N2O4/c16-11-7-3-4-8-12-17-13(15(20)21)9-5-1-2-6-10-14(18)19/h13,17H,1-12,16H2,(H,18,19)(H,20,21). The average Bonchev–Trinajstić information content (AvgIpc) is 2.43. The van der Waals surface area contributed by atoms with Crippen molar-refractivity contribution in [1.29, 1.82) is 0 Å². The van der Waals surface area contributed by atoms with Crippen LogP contribution in [-0.2, 0) is 9.59 Å². The Morgan fingerprint density at radius 2 is 1.52 bits per heavy atom. The van der Waals surface area contributed by atoms with Crippen molar-refractivity contribution in [3.8, 4) is 0 Å². The van der Waals surface area contributed by atoms with Gasteiger partial charge in [-0.2, -0.15) is 0 Å². The molecule has 0 aliphatic heterocycles. The van der Waals surface area contributed by atoms with Crippen molar-refractivity contribution in [2.24, 2.45) is 5.73 Å². The van der Waals surface area contributed by atoms with Crippen LogP contribution in [0.15, 0.2) is 0 Å². The highest BCUT2D eigenvalue weighted by molar-refractivity contribution is 5.73. The number of nitrogens with two attached hydrogens (primary N) is 1. The zero-order valence-corrected chi connectivity index (χ0v) is 12.9. The normalized spacial score (nSPS) is 12.2. The summed E-state index contributed by atoms with van der Waals surface area (Å²) < 4.78 is 0. The van der Waals surface area contributed by atoms with Gasteiger partial charge in [0.05, 0.1) is 0 Å². The first kappa shape index (κ1) is 19.9. The number of unbranched alkanes of at least 4 members (excludes halogenated alkanes) is 6. The number of hydrogen-bond acceptors (Lipinski definition) is 4. The fourth-order valence-corrected chi connectivity index (χ4v) is 2.19. The predicted molar refractivity (Wildman–Crippen MR) is 82.3 cm³/mol. The maximum atomic E-state index is 11.1. The van der Waals surface area contributed by atoms with Crippen LogP contribution in [-0.4, -0.2) is 41.3 Å². The Morgan fingerprint density at radius 3 is 2.14 bits per heavy atom. The summed E-state index contributed by atoms with van der Waals surface area (Å²) >= 11 is 0. The second-order valence-corrected chi connectivity index (χ2v) is 5.39. The summed E-state index contributed by atoms with van der Waals surface area (Å²) in [6.45, 7) is 1.44. The van der Waals surface area contributed by atoms with Gasteiger partial charge in [-0.05, 0) is 38.8 Å². The fraction of sp³-hybridized carbons (Fsp3) is 0.867. The van der Waals surface area contributed by atoms with Gasteiger partial charge in [-0.25, -0.2) is 0 Å². The molecular weight excluding hydrogens is 272 g/mol. The second-order valence-electron chi connectivity index (χ2n) is 5.39. The lowest BCUT2D eigenvalue weighted by molar-refractivity contribution is -0.140. The van der Waals surface area contributed by atoms with Crippen LogP contribution in [0.3, 0.4) is 0 Å². The number of rotatable bonds is 15. The van der Waals surface area contributed by atoms with Crippen LogP contribution in [0.4, 0.5) is 0 Å². The molecule has 0 rings (SSSR count). The van der Waals surface area contributed by atoms with E-state index in [1.54, 1.807) is 0 Å². The minimum absolute atomic E-state index is 0.198. The first-order valence-electron chi connectivity index (χ1n) is 7.96. The quantitative estimate of drug-likeness (QED) is 0.344. The molecule has 0 aliphatic carbocycles. The van der Waals surface area contributed by atoms with Gasteiger partial charge in [-0.3, -0.25) is 9.59 Å². The van der Waals surface area contributed by atoms with Gasteiger partial charge in [-0.15, -0.1) is 0 Å². The highest BCUT2D eigenvalue weighted by Crippen LogP contribution is 2.08. The van der Waals surface area contributed by atoms with Crippen LogP contribution in [0.2, 0.25) is 0 Å². The van der Waals surface area contributed by atoms with Gasteiger partial charge in [0.1, 0.15) is 6.04 Å². The van der Waals surface area contributed by atoms with Crippen LogP contribution in [0.5, 0.6) is 0 Å². The molecule has 0 saturated heterocycles. The molecule has 0 fully saturated rings. The minimum Gasteiger partial charge on any atom is -0.481 e. The second kappa shape index (κ2) is 13.8. The number of carbonyl (C=O) groups is 2. The van der Waals surface area contributed by atoms with Gasteiger partial charge in [0.15, 0.2) is 0 Å². The smallest absolute Gasteiger partial charge is 0.320 e. The van der Waals surface area contributed by atoms with E-state index < -0.39 is 18.0 Å². The Morgan fingerprint density at radius 1 is 0.905 bits per heavy atom. The molecule has 0 heterocycles. The molecule has 0 aromatic carbocycles. The topological polar surface area (TPSA) is 113 Å². The maximum Gasteiger partial charge on any atom is 0.320 e. The molecule has 6 nitrogen and oxygen atoms in total. The molecule has 6 heteroatoms. The molecule has 0 saturated carbocycles. The summed E-state index contributed by atoms with van der Waals surface area (Å²) in [7, 11) is 0. The molecule has 1 unspecified atom stereocenters. The summed E-state index contributed by atoms with van der Waals surface area (Å²) in [6, 6.07) is -0.487. The Bertz CT molecular complexity index is 285. The van der Waals surface area contributed by atoms with Crippen molar-refractivity contribution >= 4 is 11.9 Å².